The molecule has 19 heavy (non-hydrogen) atoms. The number of aliphatic hydroxyl groups excluding tert-OH is 1. The summed E-state index contributed by atoms with van der Waals surface area (Å²) in [5.41, 5.74) is 3.62. The molecule has 1 aliphatic heterocycles. The SMILES string of the molecule is CC1CCCC(C)N1NCC(O)c1ccccc1F. The molecule has 3 nitrogen and oxygen atoms in total. The van der Waals surface area contributed by atoms with Gasteiger partial charge in [-0.05, 0) is 32.8 Å². The first kappa shape index (κ1) is 14.4. The summed E-state index contributed by atoms with van der Waals surface area (Å²) in [6.07, 6.45) is 2.75. The molecule has 1 aromatic carbocycles. The third-order valence-electron chi connectivity index (χ3n) is 3.92. The Morgan fingerprint density at radius 3 is 2.58 bits per heavy atom. The normalized spacial score (nSPS) is 26.3. The molecule has 2 N–H and O–H groups in total. The van der Waals surface area contributed by atoms with Crippen molar-refractivity contribution >= 4 is 0 Å². The molecule has 3 unspecified atom stereocenters. The van der Waals surface area contributed by atoms with Gasteiger partial charge in [0.1, 0.15) is 5.82 Å². The second-order valence-electron chi connectivity index (χ2n) is 5.44. The average Bonchev–Trinajstić information content (AvgIpc) is 2.38. The molecular formula is C15H23FN2O. The Bertz CT molecular complexity index is 403. The second kappa shape index (κ2) is 6.46. The molecule has 1 aromatic rings. The number of hydrogen-bond acceptors (Lipinski definition) is 3. The highest BCUT2D eigenvalue weighted by Crippen LogP contribution is 2.21. The van der Waals surface area contributed by atoms with Crippen LogP contribution in [0.3, 0.4) is 0 Å². The van der Waals surface area contributed by atoms with Crippen molar-refractivity contribution < 1.29 is 9.50 Å². The van der Waals surface area contributed by atoms with Gasteiger partial charge >= 0.3 is 0 Å². The fourth-order valence-corrected chi connectivity index (χ4v) is 2.78. The summed E-state index contributed by atoms with van der Waals surface area (Å²) in [5.74, 6) is -0.350. The maximum Gasteiger partial charge on any atom is 0.129 e. The zero-order chi connectivity index (χ0) is 13.8. The Hall–Kier alpha value is -0.970. The van der Waals surface area contributed by atoms with E-state index in [-0.39, 0.29) is 5.82 Å². The van der Waals surface area contributed by atoms with Crippen molar-refractivity contribution in [3.05, 3.63) is 35.6 Å². The second-order valence-corrected chi connectivity index (χ2v) is 5.44. The van der Waals surface area contributed by atoms with Crippen LogP contribution in [0, 0.1) is 5.82 Å². The van der Waals surface area contributed by atoms with Gasteiger partial charge in [-0.15, -0.1) is 0 Å². The van der Waals surface area contributed by atoms with Gasteiger partial charge in [-0.2, -0.15) is 0 Å². The summed E-state index contributed by atoms with van der Waals surface area (Å²) in [6, 6.07) is 7.30. The molecule has 0 amide bonds. The minimum absolute atomic E-state index is 0.343. The van der Waals surface area contributed by atoms with Gasteiger partial charge in [0.2, 0.25) is 0 Å². The van der Waals surface area contributed by atoms with Crippen molar-refractivity contribution in [3.8, 4) is 0 Å². The summed E-state index contributed by atoms with van der Waals surface area (Å²) >= 11 is 0. The van der Waals surface area contributed by atoms with Crippen LogP contribution in [0.4, 0.5) is 4.39 Å². The fourth-order valence-electron chi connectivity index (χ4n) is 2.78. The van der Waals surface area contributed by atoms with E-state index in [0.29, 0.717) is 24.2 Å². The summed E-state index contributed by atoms with van der Waals surface area (Å²) in [6.45, 7) is 4.70. The molecule has 0 bridgehead atoms. The van der Waals surface area contributed by atoms with E-state index in [1.165, 1.54) is 12.5 Å². The third kappa shape index (κ3) is 3.53. The van der Waals surface area contributed by atoms with Crippen molar-refractivity contribution in [2.24, 2.45) is 0 Å². The maximum atomic E-state index is 13.6. The Morgan fingerprint density at radius 1 is 1.32 bits per heavy atom. The van der Waals surface area contributed by atoms with E-state index in [9.17, 15) is 9.50 Å². The number of nitrogens with one attached hydrogen (secondary N) is 1. The van der Waals surface area contributed by atoms with E-state index in [1.54, 1.807) is 18.2 Å². The van der Waals surface area contributed by atoms with Crippen LogP contribution >= 0.6 is 0 Å². The highest BCUT2D eigenvalue weighted by atomic mass is 19.1. The predicted octanol–water partition coefficient (Wildman–Crippen LogP) is 2.63. The standard InChI is InChI=1S/C15H23FN2O/c1-11-6-5-7-12(2)18(11)17-10-15(19)13-8-3-4-9-14(13)16/h3-4,8-9,11-12,15,17,19H,5-7,10H2,1-2H3. The van der Waals surface area contributed by atoms with Gasteiger partial charge < -0.3 is 5.11 Å². The lowest BCUT2D eigenvalue weighted by molar-refractivity contribution is 0.0257. The molecule has 3 atom stereocenters. The Morgan fingerprint density at radius 2 is 1.95 bits per heavy atom. The molecule has 0 aliphatic carbocycles. The Labute approximate surface area is 114 Å². The van der Waals surface area contributed by atoms with Crippen LogP contribution in [0.15, 0.2) is 24.3 Å². The molecule has 2 rings (SSSR count). The van der Waals surface area contributed by atoms with Gasteiger partial charge in [0.15, 0.2) is 0 Å². The van der Waals surface area contributed by atoms with Crippen LogP contribution in [0.5, 0.6) is 0 Å². The monoisotopic (exact) mass is 266 g/mol. The number of piperidine rings is 1. The van der Waals surface area contributed by atoms with E-state index in [2.05, 4.69) is 24.3 Å². The minimum atomic E-state index is -0.817. The molecule has 0 saturated carbocycles. The zero-order valence-corrected chi connectivity index (χ0v) is 11.6. The fraction of sp³-hybridized carbons (Fsp3) is 0.600. The maximum absolute atomic E-state index is 13.6. The molecule has 106 valence electrons. The van der Waals surface area contributed by atoms with Crippen molar-refractivity contribution in [1.29, 1.82) is 0 Å². The largest absolute Gasteiger partial charge is 0.387 e. The summed E-state index contributed by atoms with van der Waals surface area (Å²) < 4.78 is 13.6. The van der Waals surface area contributed by atoms with Crippen LogP contribution in [-0.4, -0.2) is 28.7 Å². The topological polar surface area (TPSA) is 35.5 Å². The molecule has 0 aromatic heterocycles. The first-order chi connectivity index (χ1) is 9.09. The van der Waals surface area contributed by atoms with Crippen LogP contribution in [-0.2, 0) is 0 Å². The number of rotatable bonds is 4. The van der Waals surface area contributed by atoms with Crippen LogP contribution in [0.2, 0.25) is 0 Å². The number of benzene rings is 1. The Kier molecular flexibility index (Phi) is 4.91. The number of hydrogen-bond donors (Lipinski definition) is 2. The Balaban J connectivity index is 1.93. The number of halogens is 1. The van der Waals surface area contributed by atoms with Crippen LogP contribution in [0.1, 0.15) is 44.8 Å². The van der Waals surface area contributed by atoms with E-state index in [0.717, 1.165) is 12.8 Å². The van der Waals surface area contributed by atoms with Crippen molar-refractivity contribution in [2.45, 2.75) is 51.3 Å². The molecule has 0 spiro atoms. The van der Waals surface area contributed by atoms with Crippen molar-refractivity contribution in [1.82, 2.24) is 10.4 Å². The number of hydrazine groups is 1. The lowest BCUT2D eigenvalue weighted by atomic mass is 10.00. The lowest BCUT2D eigenvalue weighted by Crippen LogP contribution is -2.53. The molecule has 1 fully saturated rings. The molecular weight excluding hydrogens is 243 g/mol. The van der Waals surface area contributed by atoms with Gasteiger partial charge in [-0.25, -0.2) is 9.40 Å². The minimum Gasteiger partial charge on any atom is -0.387 e. The van der Waals surface area contributed by atoms with E-state index in [1.807, 2.05) is 0 Å². The number of aliphatic hydroxyl groups is 1. The first-order valence-electron chi connectivity index (χ1n) is 7.04. The molecule has 1 heterocycles. The summed E-state index contributed by atoms with van der Waals surface area (Å²) in [4.78, 5) is 0. The highest BCUT2D eigenvalue weighted by Gasteiger charge is 2.25. The summed E-state index contributed by atoms with van der Waals surface area (Å²) in [5, 5.41) is 12.3. The van der Waals surface area contributed by atoms with Crippen molar-refractivity contribution in [3.63, 3.8) is 0 Å². The van der Waals surface area contributed by atoms with E-state index >= 15 is 0 Å². The smallest absolute Gasteiger partial charge is 0.129 e. The summed E-state index contributed by atoms with van der Waals surface area (Å²) in [7, 11) is 0. The van der Waals surface area contributed by atoms with Gasteiger partial charge in [0.25, 0.3) is 0 Å². The zero-order valence-electron chi connectivity index (χ0n) is 11.6. The van der Waals surface area contributed by atoms with E-state index in [4.69, 9.17) is 0 Å². The van der Waals surface area contributed by atoms with E-state index < -0.39 is 6.10 Å². The van der Waals surface area contributed by atoms with Gasteiger partial charge in [-0.3, -0.25) is 5.43 Å². The van der Waals surface area contributed by atoms with Crippen LogP contribution in [0.25, 0.3) is 0 Å². The van der Waals surface area contributed by atoms with Gasteiger partial charge in [0, 0.05) is 24.2 Å². The predicted molar refractivity (Wildman–Crippen MR) is 74.0 cm³/mol. The third-order valence-corrected chi connectivity index (χ3v) is 3.92. The quantitative estimate of drug-likeness (QED) is 0.879. The van der Waals surface area contributed by atoms with Gasteiger partial charge in [-0.1, -0.05) is 24.6 Å². The van der Waals surface area contributed by atoms with Gasteiger partial charge in [0.05, 0.1) is 6.10 Å². The molecule has 1 aliphatic rings. The average molecular weight is 266 g/mol. The highest BCUT2D eigenvalue weighted by molar-refractivity contribution is 5.19. The molecule has 1 saturated heterocycles. The van der Waals surface area contributed by atoms with Crippen LogP contribution < -0.4 is 5.43 Å². The molecule has 4 heteroatoms. The first-order valence-corrected chi connectivity index (χ1v) is 7.04. The number of nitrogens with zero attached hydrogens (tertiary/aromatic N) is 1. The lowest BCUT2D eigenvalue weighted by Gasteiger charge is -2.39. The molecule has 0 radical (unpaired) electrons. The van der Waals surface area contributed by atoms with Crippen molar-refractivity contribution in [2.75, 3.05) is 6.54 Å².